The number of nitrogens with two attached hydrogens (primary N) is 1. The standard InChI is InChI=1S/C11H15FN2O3/c1-14(11(16)8(13)6-15)9-5-7(12)3-4-10(9)17-2/h3-5,8,15H,6,13H2,1-2H3. The van der Waals surface area contributed by atoms with Crippen molar-refractivity contribution in [2.75, 3.05) is 25.7 Å². The topological polar surface area (TPSA) is 75.8 Å². The van der Waals surface area contributed by atoms with Crippen LogP contribution < -0.4 is 15.4 Å². The van der Waals surface area contributed by atoms with Crippen LogP contribution in [0.3, 0.4) is 0 Å². The zero-order valence-electron chi connectivity index (χ0n) is 9.68. The molecule has 0 saturated heterocycles. The third-order valence-corrected chi connectivity index (χ3v) is 2.35. The van der Waals surface area contributed by atoms with Crippen molar-refractivity contribution in [3.8, 4) is 5.75 Å². The minimum Gasteiger partial charge on any atom is -0.495 e. The number of rotatable bonds is 4. The molecule has 1 rings (SSSR count). The van der Waals surface area contributed by atoms with E-state index in [2.05, 4.69) is 0 Å². The lowest BCUT2D eigenvalue weighted by Crippen LogP contribution is -2.44. The number of halogens is 1. The second-order valence-electron chi connectivity index (χ2n) is 3.50. The number of aliphatic hydroxyl groups is 1. The van der Waals surface area contributed by atoms with Crippen LogP contribution in [0.15, 0.2) is 18.2 Å². The van der Waals surface area contributed by atoms with Gasteiger partial charge in [-0.05, 0) is 12.1 Å². The van der Waals surface area contributed by atoms with Crippen LogP contribution in [-0.4, -0.2) is 37.8 Å². The quantitative estimate of drug-likeness (QED) is 0.786. The van der Waals surface area contributed by atoms with Gasteiger partial charge < -0.3 is 20.5 Å². The van der Waals surface area contributed by atoms with Crippen molar-refractivity contribution in [2.24, 2.45) is 5.73 Å². The van der Waals surface area contributed by atoms with Gasteiger partial charge in [-0.3, -0.25) is 4.79 Å². The van der Waals surface area contributed by atoms with Gasteiger partial charge in [-0.25, -0.2) is 4.39 Å². The van der Waals surface area contributed by atoms with Crippen LogP contribution in [-0.2, 0) is 4.79 Å². The van der Waals surface area contributed by atoms with Crippen LogP contribution in [0.4, 0.5) is 10.1 Å². The van der Waals surface area contributed by atoms with E-state index in [1.165, 1.54) is 32.4 Å². The van der Waals surface area contributed by atoms with E-state index in [0.717, 1.165) is 4.90 Å². The number of amides is 1. The molecule has 0 spiro atoms. The molecular weight excluding hydrogens is 227 g/mol. The van der Waals surface area contributed by atoms with E-state index in [1.807, 2.05) is 0 Å². The Morgan fingerprint density at radius 2 is 2.29 bits per heavy atom. The molecule has 1 unspecified atom stereocenters. The van der Waals surface area contributed by atoms with E-state index in [4.69, 9.17) is 15.6 Å². The van der Waals surface area contributed by atoms with E-state index < -0.39 is 24.4 Å². The van der Waals surface area contributed by atoms with E-state index in [9.17, 15) is 9.18 Å². The molecule has 5 nitrogen and oxygen atoms in total. The Balaban J connectivity index is 3.06. The van der Waals surface area contributed by atoms with Gasteiger partial charge in [-0.1, -0.05) is 0 Å². The number of benzene rings is 1. The maximum absolute atomic E-state index is 13.1. The second-order valence-corrected chi connectivity index (χ2v) is 3.50. The summed E-state index contributed by atoms with van der Waals surface area (Å²) in [7, 11) is 2.86. The summed E-state index contributed by atoms with van der Waals surface area (Å²) in [6, 6.07) is 2.78. The fraction of sp³-hybridized carbons (Fsp3) is 0.364. The van der Waals surface area contributed by atoms with Crippen molar-refractivity contribution in [1.82, 2.24) is 0 Å². The number of aliphatic hydroxyl groups excluding tert-OH is 1. The van der Waals surface area contributed by atoms with Crippen LogP contribution in [0.25, 0.3) is 0 Å². The Kier molecular flexibility index (Phi) is 4.42. The number of anilines is 1. The molecule has 6 heteroatoms. The molecule has 0 aliphatic carbocycles. The molecule has 0 aromatic heterocycles. The zero-order chi connectivity index (χ0) is 13.0. The number of hydrogen-bond donors (Lipinski definition) is 2. The van der Waals surface area contributed by atoms with Crippen molar-refractivity contribution in [1.29, 1.82) is 0 Å². The van der Waals surface area contributed by atoms with Crippen LogP contribution in [0.1, 0.15) is 0 Å². The third-order valence-electron chi connectivity index (χ3n) is 2.35. The molecule has 1 amide bonds. The van der Waals surface area contributed by atoms with Crippen molar-refractivity contribution in [2.45, 2.75) is 6.04 Å². The van der Waals surface area contributed by atoms with Gasteiger partial charge in [-0.2, -0.15) is 0 Å². The summed E-state index contributed by atoms with van der Waals surface area (Å²) in [6.45, 7) is -0.471. The van der Waals surface area contributed by atoms with Gasteiger partial charge in [0.2, 0.25) is 5.91 Å². The summed E-state index contributed by atoms with van der Waals surface area (Å²) in [5.74, 6) is -0.651. The maximum Gasteiger partial charge on any atom is 0.246 e. The van der Waals surface area contributed by atoms with Crippen molar-refractivity contribution in [3.05, 3.63) is 24.0 Å². The van der Waals surface area contributed by atoms with Gasteiger partial charge in [0, 0.05) is 13.1 Å². The van der Waals surface area contributed by atoms with Gasteiger partial charge in [0.1, 0.15) is 17.6 Å². The van der Waals surface area contributed by atoms with Crippen LogP contribution in [0, 0.1) is 5.82 Å². The monoisotopic (exact) mass is 242 g/mol. The molecule has 0 radical (unpaired) electrons. The first-order chi connectivity index (χ1) is 8.01. The molecular formula is C11H15FN2O3. The van der Waals surface area contributed by atoms with Gasteiger partial charge in [0.05, 0.1) is 19.4 Å². The first-order valence-electron chi connectivity index (χ1n) is 4.98. The highest BCUT2D eigenvalue weighted by Gasteiger charge is 2.21. The molecule has 1 aromatic carbocycles. The molecule has 1 aromatic rings. The average molecular weight is 242 g/mol. The Labute approximate surface area is 98.6 Å². The molecule has 0 fully saturated rings. The second kappa shape index (κ2) is 5.60. The lowest BCUT2D eigenvalue weighted by Gasteiger charge is -2.22. The number of hydrogen-bond acceptors (Lipinski definition) is 4. The van der Waals surface area contributed by atoms with Crippen molar-refractivity contribution >= 4 is 11.6 Å². The summed E-state index contributed by atoms with van der Waals surface area (Å²) < 4.78 is 18.1. The van der Waals surface area contributed by atoms with Crippen LogP contribution >= 0.6 is 0 Å². The molecule has 94 valence electrons. The smallest absolute Gasteiger partial charge is 0.246 e. The summed E-state index contributed by atoms with van der Waals surface area (Å²) in [4.78, 5) is 12.9. The molecule has 0 aliphatic heterocycles. The fourth-order valence-corrected chi connectivity index (χ4v) is 1.37. The first kappa shape index (κ1) is 13.4. The Bertz CT molecular complexity index is 412. The highest BCUT2D eigenvalue weighted by atomic mass is 19.1. The van der Waals surface area contributed by atoms with Crippen LogP contribution in [0.5, 0.6) is 5.75 Å². The average Bonchev–Trinajstić information content (AvgIpc) is 2.35. The normalized spacial score (nSPS) is 12.1. The number of likely N-dealkylation sites (N-methyl/N-ethyl adjacent to an activating group) is 1. The van der Waals surface area contributed by atoms with E-state index in [1.54, 1.807) is 0 Å². The van der Waals surface area contributed by atoms with Gasteiger partial charge in [0.25, 0.3) is 0 Å². The number of nitrogens with zero attached hydrogens (tertiary/aromatic N) is 1. The molecule has 3 N–H and O–H groups in total. The number of carbonyl (C=O) groups is 1. The molecule has 0 heterocycles. The minimum absolute atomic E-state index is 0.265. The molecule has 1 atom stereocenters. The Hall–Kier alpha value is -1.66. The summed E-state index contributed by atoms with van der Waals surface area (Å²) in [5, 5.41) is 8.80. The number of ether oxygens (including phenoxy) is 1. The molecule has 0 bridgehead atoms. The van der Waals surface area contributed by atoms with Gasteiger partial charge in [0.15, 0.2) is 0 Å². The van der Waals surface area contributed by atoms with E-state index in [0.29, 0.717) is 5.75 Å². The van der Waals surface area contributed by atoms with E-state index >= 15 is 0 Å². The lowest BCUT2D eigenvalue weighted by atomic mass is 10.2. The minimum atomic E-state index is -1.03. The zero-order valence-corrected chi connectivity index (χ0v) is 9.68. The first-order valence-corrected chi connectivity index (χ1v) is 4.98. The number of carbonyl (C=O) groups excluding carboxylic acids is 1. The lowest BCUT2D eigenvalue weighted by molar-refractivity contribution is -0.120. The van der Waals surface area contributed by atoms with Crippen molar-refractivity contribution < 1.29 is 19.0 Å². The third kappa shape index (κ3) is 2.92. The fourth-order valence-electron chi connectivity index (χ4n) is 1.37. The highest BCUT2D eigenvalue weighted by molar-refractivity contribution is 5.97. The van der Waals surface area contributed by atoms with Gasteiger partial charge >= 0.3 is 0 Å². The summed E-state index contributed by atoms with van der Waals surface area (Å²) in [5.41, 5.74) is 5.67. The van der Waals surface area contributed by atoms with Gasteiger partial charge in [-0.15, -0.1) is 0 Å². The van der Waals surface area contributed by atoms with E-state index in [-0.39, 0.29) is 5.69 Å². The SMILES string of the molecule is COc1ccc(F)cc1N(C)C(=O)C(N)CO. The number of methoxy groups -OCH3 is 1. The van der Waals surface area contributed by atoms with Crippen LogP contribution in [0.2, 0.25) is 0 Å². The molecule has 0 saturated carbocycles. The largest absolute Gasteiger partial charge is 0.495 e. The Morgan fingerprint density at radius 1 is 1.65 bits per heavy atom. The van der Waals surface area contributed by atoms with Crippen molar-refractivity contribution in [3.63, 3.8) is 0 Å². The summed E-state index contributed by atoms with van der Waals surface area (Å²) in [6.07, 6.45) is 0. The maximum atomic E-state index is 13.1. The highest BCUT2D eigenvalue weighted by Crippen LogP contribution is 2.28. The molecule has 0 aliphatic rings. The predicted octanol–water partition coefficient (Wildman–Crippen LogP) is 0.117. The predicted molar refractivity (Wildman–Crippen MR) is 61.4 cm³/mol. The molecule has 17 heavy (non-hydrogen) atoms. The summed E-state index contributed by atoms with van der Waals surface area (Å²) >= 11 is 0. The Morgan fingerprint density at radius 3 is 2.82 bits per heavy atom.